The Morgan fingerprint density at radius 3 is 2.71 bits per heavy atom. The number of anilines is 1. The van der Waals surface area contributed by atoms with Gasteiger partial charge in [0, 0.05) is 23.6 Å². The second-order valence-electron chi connectivity index (χ2n) is 6.36. The van der Waals surface area contributed by atoms with Crippen molar-refractivity contribution in [2.24, 2.45) is 0 Å². The Hall–Kier alpha value is -1.88. The first kappa shape index (κ1) is 17.0. The summed E-state index contributed by atoms with van der Waals surface area (Å²) in [5, 5.41) is 2.93. The average molecular weight is 389 g/mol. The molecule has 2 heterocycles. The normalized spacial score (nSPS) is 13.5. The molecule has 4 nitrogen and oxygen atoms in total. The Labute approximate surface area is 150 Å². The predicted octanol–water partition coefficient (Wildman–Crippen LogP) is 4.12. The lowest BCUT2D eigenvalue weighted by Crippen LogP contribution is -2.31. The Bertz CT molecular complexity index is 884. The van der Waals surface area contributed by atoms with E-state index in [1.54, 1.807) is 0 Å². The second-order valence-corrected chi connectivity index (χ2v) is 7.15. The number of rotatable bonds is 2. The van der Waals surface area contributed by atoms with Crippen LogP contribution in [0.4, 0.5) is 5.69 Å². The first-order valence-corrected chi connectivity index (χ1v) is 9.00. The molecule has 1 aromatic carbocycles. The summed E-state index contributed by atoms with van der Waals surface area (Å²) in [6, 6.07) is 5.78. The minimum atomic E-state index is -0.319. The van der Waals surface area contributed by atoms with Crippen LogP contribution in [0.1, 0.15) is 45.7 Å². The molecule has 0 radical (unpaired) electrons. The van der Waals surface area contributed by atoms with Crippen LogP contribution in [0.15, 0.2) is 27.5 Å². The Kier molecular flexibility index (Phi) is 4.63. The molecular weight excluding hydrogens is 368 g/mol. The van der Waals surface area contributed by atoms with Crippen LogP contribution < -0.4 is 10.7 Å². The average Bonchev–Trinajstić information content (AvgIpc) is 2.57. The number of aromatic nitrogens is 1. The van der Waals surface area contributed by atoms with Crippen molar-refractivity contribution in [3.8, 4) is 0 Å². The molecule has 0 fully saturated rings. The van der Waals surface area contributed by atoms with Gasteiger partial charge in [0.1, 0.15) is 5.56 Å². The third-order valence-electron chi connectivity index (χ3n) is 4.89. The maximum Gasteiger partial charge on any atom is 0.261 e. The van der Waals surface area contributed by atoms with Crippen molar-refractivity contribution < 1.29 is 4.79 Å². The van der Waals surface area contributed by atoms with Crippen molar-refractivity contribution >= 4 is 27.5 Å². The number of halogens is 1. The summed E-state index contributed by atoms with van der Waals surface area (Å²) >= 11 is 3.38. The summed E-state index contributed by atoms with van der Waals surface area (Å²) in [7, 11) is 0. The summed E-state index contributed by atoms with van der Waals surface area (Å²) in [5.41, 5.74) is 4.69. The first-order valence-electron chi connectivity index (χ1n) is 8.21. The Morgan fingerprint density at radius 2 is 1.96 bits per heavy atom. The van der Waals surface area contributed by atoms with Gasteiger partial charge >= 0.3 is 0 Å². The monoisotopic (exact) mass is 388 g/mol. The van der Waals surface area contributed by atoms with Gasteiger partial charge in [-0.3, -0.25) is 9.59 Å². The number of carbonyl (C=O) groups is 1. The molecule has 1 amide bonds. The van der Waals surface area contributed by atoms with Crippen molar-refractivity contribution in [1.29, 1.82) is 0 Å². The fourth-order valence-corrected chi connectivity index (χ4v) is 3.70. The molecule has 0 saturated heterocycles. The van der Waals surface area contributed by atoms with Crippen LogP contribution in [-0.4, -0.2) is 10.5 Å². The van der Waals surface area contributed by atoms with Crippen LogP contribution in [0.25, 0.3) is 0 Å². The number of pyridine rings is 1. The number of aryl methyl sites for hydroxylation is 1. The van der Waals surface area contributed by atoms with Crippen molar-refractivity contribution in [3.63, 3.8) is 0 Å². The van der Waals surface area contributed by atoms with Gasteiger partial charge in [0.05, 0.1) is 4.47 Å². The van der Waals surface area contributed by atoms with Crippen LogP contribution in [0.5, 0.6) is 0 Å². The van der Waals surface area contributed by atoms with Crippen molar-refractivity contribution in [1.82, 2.24) is 4.57 Å². The minimum Gasteiger partial charge on any atom is -0.347 e. The zero-order chi connectivity index (χ0) is 17.4. The van der Waals surface area contributed by atoms with Gasteiger partial charge in [0.2, 0.25) is 5.43 Å². The minimum absolute atomic E-state index is 0.219. The summed E-state index contributed by atoms with van der Waals surface area (Å²) in [6.45, 7) is 6.75. The molecule has 0 aliphatic carbocycles. The van der Waals surface area contributed by atoms with Gasteiger partial charge in [0.15, 0.2) is 0 Å². The zero-order valence-electron chi connectivity index (χ0n) is 14.2. The smallest absolute Gasteiger partial charge is 0.261 e. The summed E-state index contributed by atoms with van der Waals surface area (Å²) in [5.74, 6) is -0.319. The highest BCUT2D eigenvalue weighted by Gasteiger charge is 2.25. The molecule has 1 N–H and O–H groups in total. The lowest BCUT2D eigenvalue weighted by molar-refractivity contribution is 0.102. The molecule has 2 aromatic rings. The zero-order valence-corrected chi connectivity index (χ0v) is 15.8. The number of benzene rings is 1. The lowest BCUT2D eigenvalue weighted by atomic mass is 10.0. The molecule has 0 saturated carbocycles. The molecule has 1 aliphatic rings. The fraction of sp³-hybridized carbons (Fsp3) is 0.368. The van der Waals surface area contributed by atoms with Crippen LogP contribution in [0.2, 0.25) is 0 Å². The summed E-state index contributed by atoms with van der Waals surface area (Å²) in [4.78, 5) is 25.6. The fourth-order valence-electron chi connectivity index (χ4n) is 3.29. The quantitative estimate of drug-likeness (QED) is 0.840. The lowest BCUT2D eigenvalue weighted by Gasteiger charge is -2.25. The molecule has 5 heteroatoms. The molecule has 3 rings (SSSR count). The molecular formula is C19H21BrN2O2. The molecule has 126 valence electrons. The highest BCUT2D eigenvalue weighted by molar-refractivity contribution is 9.10. The predicted molar refractivity (Wildman–Crippen MR) is 99.9 cm³/mol. The van der Waals surface area contributed by atoms with E-state index in [9.17, 15) is 9.59 Å². The van der Waals surface area contributed by atoms with E-state index in [-0.39, 0.29) is 16.9 Å². The third-order valence-corrected chi connectivity index (χ3v) is 5.82. The second kappa shape index (κ2) is 6.55. The van der Waals surface area contributed by atoms with E-state index in [1.807, 2.05) is 39.0 Å². The van der Waals surface area contributed by atoms with Gasteiger partial charge in [-0.1, -0.05) is 12.1 Å². The van der Waals surface area contributed by atoms with Crippen molar-refractivity contribution in [2.75, 3.05) is 5.32 Å². The van der Waals surface area contributed by atoms with Gasteiger partial charge < -0.3 is 9.88 Å². The summed E-state index contributed by atoms with van der Waals surface area (Å²) < 4.78 is 2.59. The van der Waals surface area contributed by atoms with Crippen LogP contribution in [0.3, 0.4) is 0 Å². The number of nitrogens with zero attached hydrogens (tertiary/aromatic N) is 1. The maximum absolute atomic E-state index is 12.9. The van der Waals surface area contributed by atoms with E-state index in [4.69, 9.17) is 0 Å². The molecule has 1 aliphatic heterocycles. The van der Waals surface area contributed by atoms with E-state index in [2.05, 4.69) is 25.8 Å². The Balaban J connectivity index is 2.09. The number of fused-ring (bicyclic) bond motifs is 1. The standard InChI is InChI=1S/C19H21BrN2O2/c1-11-7-6-8-14(12(11)2)21-19(24)16-15-9-4-5-10-22(15)13(3)17(20)18(16)23/h6-8H,4-5,9-10H2,1-3H3,(H,21,24). The molecule has 0 spiro atoms. The van der Waals surface area contributed by atoms with Gasteiger partial charge in [0.25, 0.3) is 5.91 Å². The van der Waals surface area contributed by atoms with Crippen molar-refractivity contribution in [3.05, 3.63) is 61.0 Å². The summed E-state index contributed by atoms with van der Waals surface area (Å²) in [6.07, 6.45) is 2.84. The third kappa shape index (κ3) is 2.81. The van der Waals surface area contributed by atoms with Crippen LogP contribution >= 0.6 is 15.9 Å². The van der Waals surface area contributed by atoms with E-state index < -0.39 is 0 Å². The van der Waals surface area contributed by atoms with Gasteiger partial charge in [-0.25, -0.2) is 0 Å². The topological polar surface area (TPSA) is 51.1 Å². The van der Waals surface area contributed by atoms with Gasteiger partial charge in [-0.05, 0) is 73.2 Å². The SMILES string of the molecule is Cc1cccc(NC(=O)c2c3n(c(C)c(Br)c2=O)CCCC3)c1C. The highest BCUT2D eigenvalue weighted by Crippen LogP contribution is 2.25. The van der Waals surface area contributed by atoms with E-state index in [0.717, 1.165) is 54.0 Å². The number of carbonyl (C=O) groups excluding carboxylic acids is 1. The van der Waals surface area contributed by atoms with Gasteiger partial charge in [-0.15, -0.1) is 0 Å². The molecule has 0 bridgehead atoms. The number of amides is 1. The van der Waals surface area contributed by atoms with E-state index in [1.165, 1.54) is 0 Å². The molecule has 0 unspecified atom stereocenters. The largest absolute Gasteiger partial charge is 0.347 e. The number of hydrogen-bond acceptors (Lipinski definition) is 2. The molecule has 0 atom stereocenters. The highest BCUT2D eigenvalue weighted by atomic mass is 79.9. The van der Waals surface area contributed by atoms with E-state index >= 15 is 0 Å². The van der Waals surface area contributed by atoms with Crippen molar-refractivity contribution in [2.45, 2.75) is 46.6 Å². The number of nitrogens with one attached hydrogen (secondary N) is 1. The van der Waals surface area contributed by atoms with E-state index in [0.29, 0.717) is 4.47 Å². The maximum atomic E-state index is 12.9. The van der Waals surface area contributed by atoms with Gasteiger partial charge in [-0.2, -0.15) is 0 Å². The first-order chi connectivity index (χ1) is 11.4. The molecule has 24 heavy (non-hydrogen) atoms. The Morgan fingerprint density at radius 1 is 1.21 bits per heavy atom. The van der Waals surface area contributed by atoms with Crippen LogP contribution in [0, 0.1) is 20.8 Å². The molecule has 1 aromatic heterocycles. The number of hydrogen-bond donors (Lipinski definition) is 1. The van der Waals surface area contributed by atoms with Crippen LogP contribution in [-0.2, 0) is 13.0 Å².